The highest BCUT2D eigenvalue weighted by molar-refractivity contribution is 9.13. The molecule has 0 aliphatic heterocycles. The second-order valence-electron chi connectivity index (χ2n) is 3.39. The van der Waals surface area contributed by atoms with Gasteiger partial charge >= 0.3 is 0 Å². The molecule has 0 saturated carbocycles. The highest BCUT2D eigenvalue weighted by Gasteiger charge is 2.20. The van der Waals surface area contributed by atoms with Crippen LogP contribution in [0.25, 0.3) is 0 Å². The Kier molecular flexibility index (Phi) is 5.27. The first kappa shape index (κ1) is 14.2. The number of hydrogen-bond donors (Lipinski definition) is 1. The van der Waals surface area contributed by atoms with Gasteiger partial charge in [0.05, 0.1) is 9.83 Å². The third-order valence-corrected chi connectivity index (χ3v) is 7.52. The lowest BCUT2D eigenvalue weighted by Gasteiger charge is -2.15. The Morgan fingerprint density at radius 2 is 2.06 bits per heavy atom. The topological polar surface area (TPSA) is 12.0 Å². The van der Waals surface area contributed by atoms with Crippen LogP contribution in [0.4, 0.5) is 0 Å². The monoisotopic (exact) mass is 457 g/mol. The van der Waals surface area contributed by atoms with E-state index in [9.17, 15) is 0 Å². The lowest BCUT2D eigenvalue weighted by Crippen LogP contribution is -2.20. The number of nitrogens with one attached hydrogen (secondary N) is 1. The number of rotatable bonds is 4. The summed E-state index contributed by atoms with van der Waals surface area (Å²) in [6.07, 6.45) is 0. The molecule has 0 bridgehead atoms. The molecule has 2 aromatic heterocycles. The van der Waals surface area contributed by atoms with Crippen molar-refractivity contribution in [2.24, 2.45) is 0 Å². The van der Waals surface area contributed by atoms with Crippen LogP contribution in [0.1, 0.15) is 22.7 Å². The molecular weight excluding hydrogens is 450 g/mol. The maximum Gasteiger partial charge on any atom is 0.0843 e. The van der Waals surface area contributed by atoms with E-state index in [0.29, 0.717) is 0 Å². The van der Waals surface area contributed by atoms with Gasteiger partial charge in [0, 0.05) is 18.7 Å². The molecule has 6 heteroatoms. The van der Waals surface area contributed by atoms with Crippen molar-refractivity contribution in [3.63, 3.8) is 0 Å². The van der Waals surface area contributed by atoms with Crippen molar-refractivity contribution in [3.8, 4) is 0 Å². The van der Waals surface area contributed by atoms with E-state index in [2.05, 4.69) is 77.5 Å². The molecule has 0 aromatic carbocycles. The molecule has 0 spiro atoms. The van der Waals surface area contributed by atoms with Gasteiger partial charge in [-0.1, -0.05) is 6.92 Å². The lowest BCUT2D eigenvalue weighted by atomic mass is 10.2. The van der Waals surface area contributed by atoms with Crippen LogP contribution in [-0.2, 0) is 0 Å². The minimum absolute atomic E-state index is 0.266. The first-order chi connectivity index (χ1) is 8.13. The fourth-order valence-corrected chi connectivity index (χ4v) is 5.49. The predicted octanol–water partition coefficient (Wildman–Crippen LogP) is 5.80. The minimum Gasteiger partial charge on any atom is -0.305 e. The predicted molar refractivity (Wildman–Crippen MR) is 87.3 cm³/mol. The van der Waals surface area contributed by atoms with Gasteiger partial charge < -0.3 is 5.32 Å². The van der Waals surface area contributed by atoms with Crippen molar-refractivity contribution in [3.05, 3.63) is 40.0 Å². The summed E-state index contributed by atoms with van der Waals surface area (Å²) in [7, 11) is 0. The Bertz CT molecular complexity index is 487. The molecule has 1 atom stereocenters. The molecule has 0 aliphatic carbocycles. The third kappa shape index (κ3) is 3.22. The minimum atomic E-state index is 0.266. The first-order valence-corrected chi connectivity index (χ1v) is 9.12. The van der Waals surface area contributed by atoms with E-state index in [1.54, 1.807) is 22.7 Å². The molecule has 1 nitrogen and oxygen atoms in total. The molecule has 2 rings (SSSR count). The molecule has 0 amide bonds. The molecule has 1 N–H and O–H groups in total. The van der Waals surface area contributed by atoms with E-state index in [-0.39, 0.29) is 6.04 Å². The molecular formula is C11H10Br3NS2. The standard InChI is InChI=1S/C11H10Br3NS2/c1-2-15-9(10-6(12)3-4-16-10)8-5-7(13)11(14)17-8/h3-5,9,15H,2H2,1H3. The Morgan fingerprint density at radius 1 is 1.29 bits per heavy atom. The average Bonchev–Trinajstić information content (AvgIpc) is 2.83. The van der Waals surface area contributed by atoms with Crippen LogP contribution in [0.2, 0.25) is 0 Å². The molecule has 0 radical (unpaired) electrons. The van der Waals surface area contributed by atoms with Crippen LogP contribution in [-0.4, -0.2) is 6.54 Å². The van der Waals surface area contributed by atoms with Gasteiger partial charge in [0.15, 0.2) is 0 Å². The zero-order valence-electron chi connectivity index (χ0n) is 8.97. The summed E-state index contributed by atoms with van der Waals surface area (Å²) >= 11 is 14.2. The Hall–Kier alpha value is 0.800. The van der Waals surface area contributed by atoms with Crippen molar-refractivity contribution in [1.29, 1.82) is 0 Å². The van der Waals surface area contributed by atoms with E-state index in [4.69, 9.17) is 0 Å². The third-order valence-electron chi connectivity index (χ3n) is 2.26. The second kappa shape index (κ2) is 6.30. The van der Waals surface area contributed by atoms with Crippen LogP contribution >= 0.6 is 70.5 Å². The van der Waals surface area contributed by atoms with Gasteiger partial charge in [-0.25, -0.2) is 0 Å². The van der Waals surface area contributed by atoms with Crippen molar-refractivity contribution in [2.45, 2.75) is 13.0 Å². The summed E-state index contributed by atoms with van der Waals surface area (Å²) in [5.74, 6) is 0. The van der Waals surface area contributed by atoms with Crippen LogP contribution in [0.5, 0.6) is 0 Å². The molecule has 0 saturated heterocycles. The van der Waals surface area contributed by atoms with Gasteiger partial charge in [0.1, 0.15) is 0 Å². The van der Waals surface area contributed by atoms with Crippen LogP contribution in [0.15, 0.2) is 30.2 Å². The molecule has 2 aromatic rings. The molecule has 92 valence electrons. The van der Waals surface area contributed by atoms with Gasteiger partial charge in [-0.15, -0.1) is 22.7 Å². The summed E-state index contributed by atoms with van der Waals surface area (Å²) in [6, 6.07) is 4.54. The zero-order valence-corrected chi connectivity index (χ0v) is 15.4. The van der Waals surface area contributed by atoms with E-state index in [1.807, 2.05) is 0 Å². The fourth-order valence-electron chi connectivity index (χ4n) is 1.54. The average molecular weight is 460 g/mol. The first-order valence-electron chi connectivity index (χ1n) is 5.04. The smallest absolute Gasteiger partial charge is 0.0843 e. The van der Waals surface area contributed by atoms with E-state index < -0.39 is 0 Å². The Labute approximate surface area is 134 Å². The summed E-state index contributed by atoms with van der Waals surface area (Å²) in [5, 5.41) is 5.64. The van der Waals surface area contributed by atoms with Gasteiger partial charge in [-0.05, 0) is 71.8 Å². The van der Waals surface area contributed by atoms with Crippen molar-refractivity contribution < 1.29 is 0 Å². The highest BCUT2D eigenvalue weighted by Crippen LogP contribution is 2.40. The molecule has 17 heavy (non-hydrogen) atoms. The van der Waals surface area contributed by atoms with Crippen LogP contribution < -0.4 is 5.32 Å². The summed E-state index contributed by atoms with van der Waals surface area (Å²) in [4.78, 5) is 2.64. The van der Waals surface area contributed by atoms with Gasteiger partial charge in [-0.2, -0.15) is 0 Å². The largest absolute Gasteiger partial charge is 0.305 e. The molecule has 0 aliphatic rings. The number of hydrogen-bond acceptors (Lipinski definition) is 3. The molecule has 0 fully saturated rings. The normalized spacial score (nSPS) is 12.9. The fraction of sp³-hybridized carbons (Fsp3) is 0.273. The van der Waals surface area contributed by atoms with Crippen molar-refractivity contribution >= 4 is 70.5 Å². The maximum atomic E-state index is 3.61. The van der Waals surface area contributed by atoms with Crippen LogP contribution in [0.3, 0.4) is 0 Å². The van der Waals surface area contributed by atoms with Gasteiger partial charge in [0.25, 0.3) is 0 Å². The summed E-state index contributed by atoms with van der Waals surface area (Å²) < 4.78 is 3.44. The van der Waals surface area contributed by atoms with E-state index in [0.717, 1.165) is 14.8 Å². The maximum absolute atomic E-state index is 3.61. The Balaban J connectivity index is 2.39. The molecule has 2 heterocycles. The van der Waals surface area contributed by atoms with E-state index in [1.165, 1.54) is 14.2 Å². The number of thiophene rings is 2. The molecule has 1 unspecified atom stereocenters. The quantitative estimate of drug-likeness (QED) is 0.609. The Morgan fingerprint density at radius 3 is 2.53 bits per heavy atom. The summed E-state index contributed by atoms with van der Waals surface area (Å²) in [5.41, 5.74) is 0. The van der Waals surface area contributed by atoms with Crippen LogP contribution in [0, 0.1) is 0 Å². The highest BCUT2D eigenvalue weighted by atomic mass is 79.9. The second-order valence-corrected chi connectivity index (χ2v) is 8.45. The van der Waals surface area contributed by atoms with Gasteiger partial charge in [0.2, 0.25) is 0 Å². The van der Waals surface area contributed by atoms with Gasteiger partial charge in [-0.3, -0.25) is 0 Å². The van der Waals surface area contributed by atoms with Crippen molar-refractivity contribution in [1.82, 2.24) is 5.32 Å². The number of halogens is 3. The zero-order chi connectivity index (χ0) is 12.4. The van der Waals surface area contributed by atoms with Crippen molar-refractivity contribution in [2.75, 3.05) is 6.54 Å². The SMILES string of the molecule is CCNC(c1cc(Br)c(Br)s1)c1sccc1Br. The lowest BCUT2D eigenvalue weighted by molar-refractivity contribution is 0.647. The van der Waals surface area contributed by atoms with E-state index >= 15 is 0 Å². The summed E-state index contributed by atoms with van der Waals surface area (Å²) in [6.45, 7) is 3.08.